The molecule has 0 bridgehead atoms. The van der Waals surface area contributed by atoms with Crippen molar-refractivity contribution >= 4 is 52.3 Å². The third-order valence-corrected chi connectivity index (χ3v) is 5.54. The molecule has 1 amide bonds. The van der Waals surface area contributed by atoms with Crippen LogP contribution in [0.2, 0.25) is 20.1 Å². The number of hydrogen-bond donors (Lipinski definition) is 0. The number of carbonyl (C=O) groups excluding carboxylic acids is 1. The molecule has 4 nitrogen and oxygen atoms in total. The number of ether oxygens (including phenoxy) is 2. The maximum absolute atomic E-state index is 12.9. The summed E-state index contributed by atoms with van der Waals surface area (Å²) in [4.78, 5) is 14.6. The smallest absolute Gasteiger partial charge is 0.260 e. The fourth-order valence-corrected chi connectivity index (χ4v) is 3.90. The van der Waals surface area contributed by atoms with Crippen molar-refractivity contribution in [2.75, 3.05) is 19.8 Å². The van der Waals surface area contributed by atoms with Crippen molar-refractivity contribution in [3.05, 3.63) is 62.1 Å². The van der Waals surface area contributed by atoms with Crippen molar-refractivity contribution in [3.8, 4) is 5.75 Å². The van der Waals surface area contributed by atoms with Crippen molar-refractivity contribution in [3.63, 3.8) is 0 Å². The van der Waals surface area contributed by atoms with Gasteiger partial charge < -0.3 is 14.4 Å². The van der Waals surface area contributed by atoms with E-state index in [9.17, 15) is 4.79 Å². The first-order valence-electron chi connectivity index (χ1n) is 8.83. The van der Waals surface area contributed by atoms with E-state index in [4.69, 9.17) is 55.9 Å². The monoisotopic (exact) mass is 461 g/mol. The van der Waals surface area contributed by atoms with E-state index >= 15 is 0 Å². The van der Waals surface area contributed by atoms with Crippen molar-refractivity contribution < 1.29 is 14.3 Å². The Morgan fingerprint density at radius 3 is 2.43 bits per heavy atom. The fourth-order valence-electron chi connectivity index (χ4n) is 2.97. The highest BCUT2D eigenvalue weighted by molar-refractivity contribution is 6.35. The standard InChI is InChI=1S/C20H19Cl4NO3/c21-14-4-3-13(17(23)8-14)10-25(11-16-2-1-7-27-16)20(26)12-28-19-6-5-15(22)9-18(19)24/h3-6,8-9,16H,1-2,7,10-12H2. The second-order valence-electron chi connectivity index (χ2n) is 6.51. The van der Waals surface area contributed by atoms with Gasteiger partial charge in [0.25, 0.3) is 5.91 Å². The van der Waals surface area contributed by atoms with Gasteiger partial charge in [-0.15, -0.1) is 0 Å². The van der Waals surface area contributed by atoms with Crippen LogP contribution in [-0.4, -0.2) is 36.7 Å². The Labute approximate surface area is 184 Å². The molecule has 1 unspecified atom stereocenters. The van der Waals surface area contributed by atoms with Crippen molar-refractivity contribution in [1.29, 1.82) is 0 Å². The van der Waals surface area contributed by atoms with E-state index in [1.807, 2.05) is 6.07 Å². The summed E-state index contributed by atoms with van der Waals surface area (Å²) in [5.74, 6) is 0.216. The number of hydrogen-bond acceptors (Lipinski definition) is 3. The van der Waals surface area contributed by atoms with Gasteiger partial charge in [-0.1, -0.05) is 52.5 Å². The van der Waals surface area contributed by atoms with Gasteiger partial charge in [0.2, 0.25) is 0 Å². The first kappa shape index (κ1) is 21.5. The summed E-state index contributed by atoms with van der Waals surface area (Å²) in [6.07, 6.45) is 1.92. The zero-order valence-corrected chi connectivity index (χ0v) is 18.0. The Balaban J connectivity index is 1.70. The molecule has 2 aromatic rings. The van der Waals surface area contributed by atoms with E-state index in [2.05, 4.69) is 0 Å². The van der Waals surface area contributed by atoms with Crippen LogP contribution >= 0.6 is 46.4 Å². The largest absolute Gasteiger partial charge is 0.482 e. The lowest BCUT2D eigenvalue weighted by Gasteiger charge is -2.26. The van der Waals surface area contributed by atoms with Crippen LogP contribution in [0.25, 0.3) is 0 Å². The molecule has 1 fully saturated rings. The summed E-state index contributed by atoms with van der Waals surface area (Å²) < 4.78 is 11.3. The SMILES string of the molecule is O=C(COc1ccc(Cl)cc1Cl)N(Cc1ccc(Cl)cc1Cl)CC1CCCO1. The van der Waals surface area contributed by atoms with Crippen LogP contribution in [0.3, 0.4) is 0 Å². The van der Waals surface area contributed by atoms with E-state index in [0.29, 0.717) is 45.5 Å². The Bertz CT molecular complexity index is 840. The molecule has 0 spiro atoms. The van der Waals surface area contributed by atoms with E-state index in [0.717, 1.165) is 18.4 Å². The van der Waals surface area contributed by atoms with E-state index in [1.54, 1.807) is 35.2 Å². The third-order valence-electron chi connectivity index (χ3n) is 4.42. The Morgan fingerprint density at radius 1 is 1.07 bits per heavy atom. The highest BCUT2D eigenvalue weighted by atomic mass is 35.5. The topological polar surface area (TPSA) is 38.8 Å². The molecule has 2 aromatic carbocycles. The average Bonchev–Trinajstić information content (AvgIpc) is 3.15. The number of nitrogens with zero attached hydrogens (tertiary/aromatic N) is 1. The molecule has 1 atom stereocenters. The molecule has 28 heavy (non-hydrogen) atoms. The van der Waals surface area contributed by atoms with Crippen molar-refractivity contribution in [2.24, 2.45) is 0 Å². The van der Waals surface area contributed by atoms with Crippen LogP contribution in [-0.2, 0) is 16.1 Å². The summed E-state index contributed by atoms with van der Waals surface area (Å²) in [5, 5.41) is 1.92. The van der Waals surface area contributed by atoms with Crippen LogP contribution in [0.15, 0.2) is 36.4 Å². The molecule has 8 heteroatoms. The van der Waals surface area contributed by atoms with Crippen LogP contribution < -0.4 is 4.74 Å². The number of halogens is 4. The summed E-state index contributed by atoms with van der Waals surface area (Å²) in [7, 11) is 0. The maximum Gasteiger partial charge on any atom is 0.260 e. The highest BCUT2D eigenvalue weighted by Crippen LogP contribution is 2.28. The van der Waals surface area contributed by atoms with Crippen molar-refractivity contribution in [1.82, 2.24) is 4.90 Å². The van der Waals surface area contributed by atoms with Gasteiger partial charge in [0, 0.05) is 34.8 Å². The van der Waals surface area contributed by atoms with Gasteiger partial charge in [-0.25, -0.2) is 0 Å². The lowest BCUT2D eigenvalue weighted by molar-refractivity contribution is -0.135. The van der Waals surface area contributed by atoms with Crippen molar-refractivity contribution in [2.45, 2.75) is 25.5 Å². The lowest BCUT2D eigenvalue weighted by atomic mass is 10.1. The number of rotatable bonds is 7. The zero-order chi connectivity index (χ0) is 20.1. The number of carbonyl (C=O) groups is 1. The molecule has 1 aliphatic rings. The van der Waals surface area contributed by atoms with Gasteiger partial charge in [-0.05, 0) is 48.7 Å². The molecule has 1 heterocycles. The normalized spacial score (nSPS) is 16.2. The second kappa shape index (κ2) is 10.0. The van der Waals surface area contributed by atoms with Crippen LogP contribution in [0.1, 0.15) is 18.4 Å². The van der Waals surface area contributed by atoms with Gasteiger partial charge in [-0.2, -0.15) is 0 Å². The summed E-state index contributed by atoms with van der Waals surface area (Å²) in [6.45, 7) is 1.37. The third kappa shape index (κ3) is 5.91. The average molecular weight is 463 g/mol. The fraction of sp³-hybridized carbons (Fsp3) is 0.350. The minimum Gasteiger partial charge on any atom is -0.482 e. The molecule has 0 saturated carbocycles. The van der Waals surface area contributed by atoms with Gasteiger partial charge in [0.05, 0.1) is 11.1 Å². The molecule has 3 rings (SSSR count). The highest BCUT2D eigenvalue weighted by Gasteiger charge is 2.24. The van der Waals surface area contributed by atoms with Gasteiger partial charge in [0.1, 0.15) is 5.75 Å². The van der Waals surface area contributed by atoms with Gasteiger partial charge in [0.15, 0.2) is 6.61 Å². The number of benzene rings is 2. The van der Waals surface area contributed by atoms with Crippen LogP contribution in [0.5, 0.6) is 5.75 Å². The minimum absolute atomic E-state index is 0.00847. The Kier molecular flexibility index (Phi) is 7.72. The molecule has 1 aliphatic heterocycles. The van der Waals surface area contributed by atoms with E-state index in [-0.39, 0.29) is 18.6 Å². The second-order valence-corrected chi connectivity index (χ2v) is 8.20. The quantitative estimate of drug-likeness (QED) is 0.515. The number of amides is 1. The first-order chi connectivity index (χ1) is 13.4. The minimum atomic E-state index is -0.187. The molecule has 1 saturated heterocycles. The maximum atomic E-state index is 12.9. The summed E-state index contributed by atoms with van der Waals surface area (Å²) in [5.41, 5.74) is 0.807. The molecule has 0 radical (unpaired) electrons. The summed E-state index contributed by atoms with van der Waals surface area (Å²) >= 11 is 24.3. The predicted molar refractivity (Wildman–Crippen MR) is 113 cm³/mol. The Hall–Kier alpha value is -1.17. The molecular formula is C20H19Cl4NO3. The predicted octanol–water partition coefficient (Wildman–Crippen LogP) is 5.89. The molecule has 0 N–H and O–H groups in total. The molecule has 0 aromatic heterocycles. The van der Waals surface area contributed by atoms with Crippen LogP contribution in [0, 0.1) is 0 Å². The Morgan fingerprint density at radius 2 is 1.79 bits per heavy atom. The lowest BCUT2D eigenvalue weighted by Crippen LogP contribution is -2.39. The first-order valence-corrected chi connectivity index (χ1v) is 10.3. The molecular weight excluding hydrogens is 444 g/mol. The van der Waals surface area contributed by atoms with Gasteiger partial charge >= 0.3 is 0 Å². The molecule has 150 valence electrons. The summed E-state index contributed by atoms with van der Waals surface area (Å²) in [6, 6.07) is 10.1. The van der Waals surface area contributed by atoms with E-state index < -0.39 is 0 Å². The zero-order valence-electron chi connectivity index (χ0n) is 15.0. The van der Waals surface area contributed by atoms with Gasteiger partial charge in [-0.3, -0.25) is 4.79 Å². The van der Waals surface area contributed by atoms with E-state index in [1.165, 1.54) is 0 Å². The molecule has 0 aliphatic carbocycles. The van der Waals surface area contributed by atoms with Crippen LogP contribution in [0.4, 0.5) is 0 Å².